The number of rotatable bonds is 4. The molecule has 2 aromatic rings. The number of aromatic nitrogens is 2. The van der Waals surface area contributed by atoms with Crippen molar-refractivity contribution in [1.29, 1.82) is 0 Å². The van der Waals surface area contributed by atoms with Crippen LogP contribution < -0.4 is 5.32 Å². The number of carbonyl (C=O) groups is 1. The second kappa shape index (κ2) is 6.29. The summed E-state index contributed by atoms with van der Waals surface area (Å²) >= 11 is 0. The van der Waals surface area contributed by atoms with E-state index in [0.29, 0.717) is 24.2 Å². The molecule has 0 spiro atoms. The topological polar surface area (TPSA) is 98.2 Å². The lowest BCUT2D eigenvalue weighted by Crippen LogP contribution is -2.33. The summed E-state index contributed by atoms with van der Waals surface area (Å²) in [6, 6.07) is 11.2. The maximum atomic E-state index is 12.2. The highest BCUT2D eigenvalue weighted by Crippen LogP contribution is 2.26. The number of hydrogen-bond acceptors (Lipinski definition) is 4. The van der Waals surface area contributed by atoms with Crippen molar-refractivity contribution in [2.45, 2.75) is 25.0 Å². The lowest BCUT2D eigenvalue weighted by Gasteiger charge is -2.11. The lowest BCUT2D eigenvalue weighted by molar-refractivity contribution is 0.0902. The Labute approximate surface area is 128 Å². The molecular formula is C16H19N3O3. The molecule has 0 unspecified atom stereocenters. The molecule has 1 saturated carbocycles. The Morgan fingerprint density at radius 3 is 2.77 bits per heavy atom. The van der Waals surface area contributed by atoms with Crippen molar-refractivity contribution in [1.82, 2.24) is 15.5 Å². The van der Waals surface area contributed by atoms with Gasteiger partial charge in [0, 0.05) is 24.1 Å². The number of aromatic amines is 1. The first-order chi connectivity index (χ1) is 10.7. The van der Waals surface area contributed by atoms with Crippen molar-refractivity contribution < 1.29 is 15.0 Å². The van der Waals surface area contributed by atoms with Gasteiger partial charge in [0.05, 0.1) is 11.8 Å². The number of amides is 1. The summed E-state index contributed by atoms with van der Waals surface area (Å²) in [6.45, 7) is -0.0598. The molecule has 4 N–H and O–H groups in total. The van der Waals surface area contributed by atoms with Crippen LogP contribution in [0.4, 0.5) is 0 Å². The Kier molecular flexibility index (Phi) is 4.22. The molecule has 1 heterocycles. The molecule has 6 heteroatoms. The van der Waals surface area contributed by atoms with Gasteiger partial charge >= 0.3 is 0 Å². The van der Waals surface area contributed by atoms with E-state index in [0.717, 1.165) is 5.56 Å². The highest BCUT2D eigenvalue weighted by molar-refractivity contribution is 5.93. The van der Waals surface area contributed by atoms with Crippen LogP contribution in [0.15, 0.2) is 36.4 Å². The average Bonchev–Trinajstić information content (AvgIpc) is 3.15. The zero-order chi connectivity index (χ0) is 15.5. The van der Waals surface area contributed by atoms with Crippen LogP contribution in [0.5, 0.6) is 0 Å². The fourth-order valence-electron chi connectivity index (χ4n) is 2.87. The number of aliphatic hydroxyl groups is 2. The van der Waals surface area contributed by atoms with Crippen LogP contribution in [-0.4, -0.2) is 45.1 Å². The van der Waals surface area contributed by atoms with E-state index in [9.17, 15) is 9.90 Å². The number of H-pyrrole nitrogens is 1. The smallest absolute Gasteiger partial charge is 0.269 e. The molecule has 116 valence electrons. The number of benzene rings is 1. The molecule has 0 radical (unpaired) electrons. The van der Waals surface area contributed by atoms with E-state index in [2.05, 4.69) is 15.5 Å². The molecule has 3 atom stereocenters. The Hall–Kier alpha value is -2.18. The highest BCUT2D eigenvalue weighted by atomic mass is 16.3. The van der Waals surface area contributed by atoms with E-state index in [1.165, 1.54) is 0 Å². The third-order valence-electron chi connectivity index (χ3n) is 4.12. The molecule has 0 saturated heterocycles. The largest absolute Gasteiger partial charge is 0.396 e. The van der Waals surface area contributed by atoms with E-state index >= 15 is 0 Å². The van der Waals surface area contributed by atoms with Crippen LogP contribution in [0.2, 0.25) is 0 Å². The predicted octanol–water partition coefficient (Wildman–Crippen LogP) is 0.938. The van der Waals surface area contributed by atoms with Gasteiger partial charge in [-0.05, 0) is 18.9 Å². The Balaban J connectivity index is 1.65. The molecule has 1 aliphatic carbocycles. The summed E-state index contributed by atoms with van der Waals surface area (Å²) < 4.78 is 0. The molecule has 6 nitrogen and oxygen atoms in total. The number of nitrogens with zero attached hydrogens (tertiary/aromatic N) is 1. The van der Waals surface area contributed by atoms with Crippen molar-refractivity contribution in [3.8, 4) is 11.3 Å². The lowest BCUT2D eigenvalue weighted by atomic mass is 10.1. The summed E-state index contributed by atoms with van der Waals surface area (Å²) in [5, 5.41) is 28.7. The summed E-state index contributed by atoms with van der Waals surface area (Å²) in [7, 11) is 0. The number of aliphatic hydroxyl groups excluding tert-OH is 2. The zero-order valence-corrected chi connectivity index (χ0v) is 12.1. The molecule has 1 aromatic carbocycles. The van der Waals surface area contributed by atoms with Gasteiger partial charge in [-0.25, -0.2) is 0 Å². The van der Waals surface area contributed by atoms with Crippen molar-refractivity contribution in [2.75, 3.05) is 6.61 Å². The van der Waals surface area contributed by atoms with E-state index in [1.54, 1.807) is 6.07 Å². The quantitative estimate of drug-likeness (QED) is 0.675. The third kappa shape index (κ3) is 3.03. The first-order valence-corrected chi connectivity index (χ1v) is 7.38. The first kappa shape index (κ1) is 14.7. The predicted molar refractivity (Wildman–Crippen MR) is 81.1 cm³/mol. The molecule has 1 amide bonds. The minimum absolute atomic E-state index is 0.0598. The van der Waals surface area contributed by atoms with Gasteiger partial charge in [-0.3, -0.25) is 9.89 Å². The molecule has 1 aliphatic rings. The van der Waals surface area contributed by atoms with Gasteiger partial charge in [-0.15, -0.1) is 0 Å². The second-order valence-corrected chi connectivity index (χ2v) is 5.68. The van der Waals surface area contributed by atoms with Crippen LogP contribution in [-0.2, 0) is 0 Å². The Bertz CT molecular complexity index is 641. The minimum atomic E-state index is -0.558. The molecule has 0 bridgehead atoms. The van der Waals surface area contributed by atoms with E-state index in [1.807, 2.05) is 30.3 Å². The summed E-state index contributed by atoms with van der Waals surface area (Å²) in [5.74, 6) is -0.405. The van der Waals surface area contributed by atoms with E-state index in [-0.39, 0.29) is 24.5 Å². The SMILES string of the molecule is O=C(N[C@@H]1C[C@@H](CO)[C@H](O)C1)c1cc(-c2ccccc2)n[nH]1. The molecular weight excluding hydrogens is 282 g/mol. The summed E-state index contributed by atoms with van der Waals surface area (Å²) in [6.07, 6.45) is 0.497. The number of carbonyl (C=O) groups excluding carboxylic acids is 1. The van der Waals surface area contributed by atoms with Crippen molar-refractivity contribution in [2.24, 2.45) is 5.92 Å². The monoisotopic (exact) mass is 301 g/mol. The maximum Gasteiger partial charge on any atom is 0.269 e. The molecule has 0 aliphatic heterocycles. The zero-order valence-electron chi connectivity index (χ0n) is 12.1. The number of nitrogens with one attached hydrogen (secondary N) is 2. The van der Waals surface area contributed by atoms with Crippen LogP contribution in [0, 0.1) is 5.92 Å². The molecule has 1 aromatic heterocycles. The van der Waals surface area contributed by atoms with Gasteiger partial charge in [0.2, 0.25) is 0 Å². The maximum absolute atomic E-state index is 12.2. The normalized spacial score (nSPS) is 24.4. The van der Waals surface area contributed by atoms with Gasteiger partial charge in [0.25, 0.3) is 5.91 Å². The fraction of sp³-hybridized carbons (Fsp3) is 0.375. The standard InChI is InChI=1S/C16H19N3O3/c20-9-11-6-12(7-15(11)21)17-16(22)14-8-13(18-19-14)10-4-2-1-3-5-10/h1-5,8,11-12,15,20-21H,6-7,9H2,(H,17,22)(H,18,19)/t11-,12+,15+/m0/s1. The van der Waals surface area contributed by atoms with Crippen molar-refractivity contribution >= 4 is 5.91 Å². The van der Waals surface area contributed by atoms with Gasteiger partial charge in [0.15, 0.2) is 0 Å². The minimum Gasteiger partial charge on any atom is -0.396 e. The third-order valence-corrected chi connectivity index (χ3v) is 4.12. The molecule has 3 rings (SSSR count). The van der Waals surface area contributed by atoms with Gasteiger partial charge in [0.1, 0.15) is 5.69 Å². The second-order valence-electron chi connectivity index (χ2n) is 5.68. The van der Waals surface area contributed by atoms with Gasteiger partial charge < -0.3 is 15.5 Å². The van der Waals surface area contributed by atoms with Gasteiger partial charge in [-0.1, -0.05) is 30.3 Å². The van der Waals surface area contributed by atoms with E-state index < -0.39 is 6.10 Å². The van der Waals surface area contributed by atoms with Crippen LogP contribution in [0.1, 0.15) is 23.3 Å². The molecule has 1 fully saturated rings. The summed E-state index contributed by atoms with van der Waals surface area (Å²) in [5.41, 5.74) is 2.04. The fourth-order valence-corrected chi connectivity index (χ4v) is 2.87. The summed E-state index contributed by atoms with van der Waals surface area (Å²) in [4.78, 5) is 12.2. The van der Waals surface area contributed by atoms with E-state index in [4.69, 9.17) is 5.11 Å². The van der Waals surface area contributed by atoms with Crippen LogP contribution in [0.25, 0.3) is 11.3 Å². The Morgan fingerprint density at radius 1 is 1.32 bits per heavy atom. The molecule has 22 heavy (non-hydrogen) atoms. The first-order valence-electron chi connectivity index (χ1n) is 7.38. The highest BCUT2D eigenvalue weighted by Gasteiger charge is 2.33. The van der Waals surface area contributed by atoms with Crippen molar-refractivity contribution in [3.63, 3.8) is 0 Å². The van der Waals surface area contributed by atoms with Gasteiger partial charge in [-0.2, -0.15) is 5.10 Å². The average molecular weight is 301 g/mol. The number of hydrogen-bond donors (Lipinski definition) is 4. The van der Waals surface area contributed by atoms with Crippen LogP contribution >= 0.6 is 0 Å². The van der Waals surface area contributed by atoms with Crippen molar-refractivity contribution in [3.05, 3.63) is 42.1 Å². The van der Waals surface area contributed by atoms with Crippen LogP contribution in [0.3, 0.4) is 0 Å². The Morgan fingerprint density at radius 2 is 2.09 bits per heavy atom.